The fourth-order valence-electron chi connectivity index (χ4n) is 4.88. The smallest absolute Gasteiger partial charge is 0.240 e. The third-order valence-electron chi connectivity index (χ3n) is 6.59. The lowest BCUT2D eigenvalue weighted by Gasteiger charge is -2.35. The van der Waals surface area contributed by atoms with E-state index in [2.05, 4.69) is 41.4 Å². The molecule has 1 amide bonds. The molecule has 1 saturated heterocycles. The number of rotatable bonds is 6. The van der Waals surface area contributed by atoms with E-state index in [0.29, 0.717) is 30.5 Å². The van der Waals surface area contributed by atoms with E-state index < -0.39 is 0 Å². The van der Waals surface area contributed by atoms with Crippen molar-refractivity contribution < 1.29 is 9.53 Å². The first-order chi connectivity index (χ1) is 16.6. The highest BCUT2D eigenvalue weighted by Gasteiger charge is 2.23. The predicted molar refractivity (Wildman–Crippen MR) is 135 cm³/mol. The van der Waals surface area contributed by atoms with Crippen molar-refractivity contribution in [2.24, 2.45) is 0 Å². The average molecular weight is 456 g/mol. The van der Waals surface area contributed by atoms with Gasteiger partial charge < -0.3 is 14.6 Å². The molecule has 1 fully saturated rings. The molecule has 34 heavy (non-hydrogen) atoms. The molecule has 4 aromatic rings. The van der Waals surface area contributed by atoms with Crippen LogP contribution in [0.2, 0.25) is 0 Å². The second-order valence-corrected chi connectivity index (χ2v) is 8.83. The van der Waals surface area contributed by atoms with E-state index in [4.69, 9.17) is 4.74 Å². The zero-order chi connectivity index (χ0) is 23.5. The summed E-state index contributed by atoms with van der Waals surface area (Å²) in [5, 5.41) is 4.42. The van der Waals surface area contributed by atoms with Crippen molar-refractivity contribution in [1.29, 1.82) is 0 Å². The number of amides is 1. The molecule has 1 unspecified atom stereocenters. The van der Waals surface area contributed by atoms with Crippen molar-refractivity contribution >= 4 is 27.7 Å². The zero-order valence-corrected chi connectivity index (χ0v) is 19.4. The summed E-state index contributed by atoms with van der Waals surface area (Å²) in [6.07, 6.45) is 0. The summed E-state index contributed by atoms with van der Waals surface area (Å²) in [4.78, 5) is 28.6. The van der Waals surface area contributed by atoms with Gasteiger partial charge in [-0.05, 0) is 36.8 Å². The minimum Gasteiger partial charge on any atom is -0.379 e. The molecule has 0 radical (unpaired) electrons. The Balaban J connectivity index is 1.42. The van der Waals surface area contributed by atoms with Crippen LogP contribution in [-0.2, 0) is 16.1 Å². The summed E-state index contributed by atoms with van der Waals surface area (Å²) in [6.45, 7) is 5.82. The van der Waals surface area contributed by atoms with Gasteiger partial charge in [-0.3, -0.25) is 14.5 Å². The number of ether oxygens (including phenoxy) is 1. The van der Waals surface area contributed by atoms with E-state index >= 15 is 0 Å². The Morgan fingerprint density at radius 2 is 1.59 bits per heavy atom. The van der Waals surface area contributed by atoms with Gasteiger partial charge in [-0.15, -0.1) is 0 Å². The number of carbonyl (C=O) groups is 1. The van der Waals surface area contributed by atoms with Gasteiger partial charge >= 0.3 is 0 Å². The van der Waals surface area contributed by atoms with Crippen LogP contribution >= 0.6 is 0 Å². The number of morpholine rings is 1. The van der Waals surface area contributed by atoms with Crippen LogP contribution in [0.1, 0.15) is 17.2 Å². The van der Waals surface area contributed by atoms with Crippen molar-refractivity contribution in [2.75, 3.05) is 32.8 Å². The molecule has 1 atom stereocenters. The van der Waals surface area contributed by atoms with Gasteiger partial charge in [-0.25, -0.2) is 0 Å². The van der Waals surface area contributed by atoms with Crippen molar-refractivity contribution in [3.63, 3.8) is 0 Å². The molecule has 1 aliphatic rings. The SMILES string of the molecule is Cc1cccc(C(CNC(=O)Cn2c3ccccc3c(=O)c3ccccc32)N2CCOCC2)c1. The summed E-state index contributed by atoms with van der Waals surface area (Å²) >= 11 is 0. The number of aromatic nitrogens is 1. The van der Waals surface area contributed by atoms with E-state index in [0.717, 1.165) is 24.1 Å². The summed E-state index contributed by atoms with van der Waals surface area (Å²) < 4.78 is 7.49. The largest absolute Gasteiger partial charge is 0.379 e. The maximum atomic E-state index is 13.2. The van der Waals surface area contributed by atoms with Crippen LogP contribution in [0.4, 0.5) is 0 Å². The van der Waals surface area contributed by atoms with E-state index in [-0.39, 0.29) is 23.9 Å². The summed E-state index contributed by atoms with van der Waals surface area (Å²) in [7, 11) is 0. The van der Waals surface area contributed by atoms with Gasteiger partial charge in [0.25, 0.3) is 0 Å². The van der Waals surface area contributed by atoms with Gasteiger partial charge in [0.1, 0.15) is 6.54 Å². The molecule has 0 saturated carbocycles. The number of aryl methyl sites for hydroxylation is 1. The van der Waals surface area contributed by atoms with Crippen LogP contribution in [0, 0.1) is 6.92 Å². The highest BCUT2D eigenvalue weighted by atomic mass is 16.5. The molecular formula is C28H29N3O3. The molecule has 6 heteroatoms. The molecule has 1 N–H and O–H groups in total. The third-order valence-corrected chi connectivity index (χ3v) is 6.59. The Hall–Kier alpha value is -3.48. The summed E-state index contributed by atoms with van der Waals surface area (Å²) in [5.41, 5.74) is 3.93. The predicted octanol–water partition coefficient (Wildman–Crippen LogP) is 3.65. The minimum atomic E-state index is -0.0788. The fourth-order valence-corrected chi connectivity index (χ4v) is 4.88. The highest BCUT2D eigenvalue weighted by Crippen LogP contribution is 2.23. The first kappa shape index (κ1) is 22.3. The van der Waals surface area contributed by atoms with E-state index in [1.165, 1.54) is 11.1 Å². The average Bonchev–Trinajstić information content (AvgIpc) is 2.87. The number of benzene rings is 3. The number of hydrogen-bond acceptors (Lipinski definition) is 4. The highest BCUT2D eigenvalue weighted by molar-refractivity contribution is 5.94. The second kappa shape index (κ2) is 9.79. The zero-order valence-electron chi connectivity index (χ0n) is 19.4. The maximum absolute atomic E-state index is 13.2. The monoisotopic (exact) mass is 455 g/mol. The van der Waals surface area contributed by atoms with Gasteiger partial charge in [-0.2, -0.15) is 0 Å². The molecule has 0 bridgehead atoms. The number of nitrogens with zero attached hydrogens (tertiary/aromatic N) is 2. The van der Waals surface area contributed by atoms with Crippen molar-refractivity contribution in [1.82, 2.24) is 14.8 Å². The molecule has 5 rings (SSSR count). The molecule has 3 aromatic carbocycles. The maximum Gasteiger partial charge on any atom is 0.240 e. The Morgan fingerprint density at radius 3 is 2.24 bits per heavy atom. The van der Waals surface area contributed by atoms with Crippen molar-refractivity contribution in [3.05, 3.63) is 94.1 Å². The Kier molecular flexibility index (Phi) is 6.43. The van der Waals surface area contributed by atoms with Gasteiger partial charge in [0.15, 0.2) is 5.43 Å². The van der Waals surface area contributed by atoms with Crippen LogP contribution in [0.15, 0.2) is 77.6 Å². The molecule has 174 valence electrons. The van der Waals surface area contributed by atoms with Crippen molar-refractivity contribution in [2.45, 2.75) is 19.5 Å². The minimum absolute atomic E-state index is 0.00492. The Bertz CT molecular complexity index is 1330. The molecular weight excluding hydrogens is 426 g/mol. The third kappa shape index (κ3) is 4.47. The first-order valence-corrected chi connectivity index (χ1v) is 11.8. The Labute approximate surface area is 198 Å². The summed E-state index contributed by atoms with van der Waals surface area (Å²) in [5.74, 6) is -0.0788. The molecule has 1 aromatic heterocycles. The van der Waals surface area contributed by atoms with Gasteiger partial charge in [0.05, 0.1) is 30.3 Å². The summed E-state index contributed by atoms with van der Waals surface area (Å²) in [6, 6.07) is 23.5. The normalized spacial score (nSPS) is 15.4. The molecule has 6 nitrogen and oxygen atoms in total. The topological polar surface area (TPSA) is 63.6 Å². The lowest BCUT2D eigenvalue weighted by molar-refractivity contribution is -0.121. The fraction of sp³-hybridized carbons (Fsp3) is 0.286. The number of para-hydroxylation sites is 2. The van der Waals surface area contributed by atoms with Crippen LogP contribution < -0.4 is 10.7 Å². The number of pyridine rings is 1. The number of nitrogens with one attached hydrogen (secondary N) is 1. The van der Waals surface area contributed by atoms with Crippen molar-refractivity contribution in [3.8, 4) is 0 Å². The van der Waals surface area contributed by atoms with E-state index in [1.54, 1.807) is 0 Å². The molecule has 0 spiro atoms. The van der Waals surface area contributed by atoms with Gasteiger partial charge in [0, 0.05) is 30.4 Å². The van der Waals surface area contributed by atoms with Crippen LogP contribution in [-0.4, -0.2) is 48.2 Å². The second-order valence-electron chi connectivity index (χ2n) is 8.83. The molecule has 1 aliphatic heterocycles. The van der Waals surface area contributed by atoms with Gasteiger partial charge in [-0.1, -0.05) is 54.1 Å². The molecule has 2 heterocycles. The number of fused-ring (bicyclic) bond motifs is 2. The number of hydrogen-bond donors (Lipinski definition) is 1. The first-order valence-electron chi connectivity index (χ1n) is 11.8. The number of carbonyl (C=O) groups excluding carboxylic acids is 1. The Morgan fingerprint density at radius 1 is 0.941 bits per heavy atom. The van der Waals surface area contributed by atoms with Crippen LogP contribution in [0.5, 0.6) is 0 Å². The molecule has 0 aliphatic carbocycles. The lowest BCUT2D eigenvalue weighted by Crippen LogP contribution is -2.44. The standard InChI is InChI=1S/C28H29N3O3/c1-20-7-6-8-21(17-20)26(30-13-15-34-16-14-30)18-29-27(32)19-31-24-11-4-2-9-22(24)28(33)23-10-3-5-12-25(23)31/h2-12,17,26H,13-16,18-19H2,1H3,(H,29,32). The van der Waals surface area contributed by atoms with Gasteiger partial charge in [0.2, 0.25) is 5.91 Å². The van der Waals surface area contributed by atoms with E-state index in [9.17, 15) is 9.59 Å². The lowest BCUT2D eigenvalue weighted by atomic mass is 10.0. The van der Waals surface area contributed by atoms with Crippen LogP contribution in [0.3, 0.4) is 0 Å². The van der Waals surface area contributed by atoms with Crippen LogP contribution in [0.25, 0.3) is 21.8 Å². The quantitative estimate of drug-likeness (QED) is 0.451. The van der Waals surface area contributed by atoms with E-state index in [1.807, 2.05) is 53.1 Å².